The van der Waals surface area contributed by atoms with Gasteiger partial charge in [0, 0.05) is 10.5 Å². The van der Waals surface area contributed by atoms with Crippen LogP contribution in [0.15, 0.2) is 27.7 Å². The second-order valence-corrected chi connectivity index (χ2v) is 12.2. The number of azide groups is 1. The van der Waals surface area contributed by atoms with E-state index in [-0.39, 0.29) is 24.0 Å². The van der Waals surface area contributed by atoms with Gasteiger partial charge in [0.1, 0.15) is 11.3 Å². The fourth-order valence-corrected chi connectivity index (χ4v) is 3.33. The summed E-state index contributed by atoms with van der Waals surface area (Å²) in [6.07, 6.45) is 0. The van der Waals surface area contributed by atoms with Crippen LogP contribution < -0.4 is 4.43 Å². The molecule has 0 atom stereocenters. The number of nitrogens with zero attached hydrogens (tertiary/aromatic N) is 3. The molecular weight excluding hydrogens is 350 g/mol. The van der Waals surface area contributed by atoms with Crippen LogP contribution in [0.5, 0.6) is 5.75 Å². The van der Waals surface area contributed by atoms with Gasteiger partial charge in [0.05, 0.1) is 18.5 Å². The Kier molecular flexibility index (Phi) is 5.68. The Balaban J connectivity index is 2.65. The fourth-order valence-electron chi connectivity index (χ4n) is 2.31. The molecule has 0 fully saturated rings. The van der Waals surface area contributed by atoms with Gasteiger partial charge in [0.25, 0.3) is 8.32 Å². The number of carbonyl (C=O) groups excluding carboxylic acids is 1. The third kappa shape index (κ3) is 3.86. The molecule has 140 valence electrons. The Morgan fingerprint density at radius 2 is 2.04 bits per heavy atom. The smallest absolute Gasteiger partial charge is 0.374 e. The average Bonchev–Trinajstić information content (AvgIpc) is 2.91. The molecule has 0 spiro atoms. The third-order valence-corrected chi connectivity index (χ3v) is 9.04. The molecule has 0 radical (unpaired) electrons. The van der Waals surface area contributed by atoms with Crippen LogP contribution in [0.2, 0.25) is 18.1 Å². The van der Waals surface area contributed by atoms with Crippen LogP contribution in [0.4, 0.5) is 0 Å². The van der Waals surface area contributed by atoms with Gasteiger partial charge in [0.2, 0.25) is 5.76 Å². The van der Waals surface area contributed by atoms with Gasteiger partial charge >= 0.3 is 5.97 Å². The van der Waals surface area contributed by atoms with Crippen LogP contribution >= 0.6 is 0 Å². The molecule has 1 aromatic heterocycles. The lowest BCUT2D eigenvalue weighted by Gasteiger charge is -2.36. The molecular formula is C18H25N3O4Si. The summed E-state index contributed by atoms with van der Waals surface area (Å²) in [6.45, 7) is 12.7. The Morgan fingerprint density at radius 1 is 1.35 bits per heavy atom. The van der Waals surface area contributed by atoms with Crippen molar-refractivity contribution < 1.29 is 18.4 Å². The molecule has 0 aliphatic carbocycles. The van der Waals surface area contributed by atoms with Crippen molar-refractivity contribution in [1.82, 2.24) is 0 Å². The predicted octanol–water partition coefficient (Wildman–Crippen LogP) is 5.80. The first-order chi connectivity index (χ1) is 12.1. The molecule has 0 aliphatic heterocycles. The van der Waals surface area contributed by atoms with Crippen molar-refractivity contribution in [2.24, 2.45) is 5.11 Å². The minimum atomic E-state index is -2.11. The third-order valence-electron chi connectivity index (χ3n) is 4.70. The zero-order valence-electron chi connectivity index (χ0n) is 16.1. The van der Waals surface area contributed by atoms with Crippen molar-refractivity contribution in [3.8, 4) is 5.75 Å². The molecule has 8 heteroatoms. The van der Waals surface area contributed by atoms with Gasteiger partial charge in [-0.25, -0.2) is 4.79 Å². The fraction of sp³-hybridized carbons (Fsp3) is 0.500. The molecule has 0 bridgehead atoms. The summed E-state index contributed by atoms with van der Waals surface area (Å²) in [5, 5.41) is 4.29. The van der Waals surface area contributed by atoms with Crippen molar-refractivity contribution in [2.45, 2.75) is 52.4 Å². The Hall–Kier alpha value is -2.44. The highest BCUT2D eigenvalue weighted by molar-refractivity contribution is 6.74. The molecule has 0 aliphatic rings. The first-order valence-electron chi connectivity index (χ1n) is 8.53. The molecule has 1 heterocycles. The van der Waals surface area contributed by atoms with E-state index in [1.807, 2.05) is 12.1 Å². The van der Waals surface area contributed by atoms with E-state index in [0.717, 1.165) is 0 Å². The Bertz CT molecular complexity index is 861. The minimum absolute atomic E-state index is 0.00778. The number of furan rings is 1. The maximum absolute atomic E-state index is 12.3. The number of benzene rings is 1. The first kappa shape index (κ1) is 19.9. The van der Waals surface area contributed by atoms with Crippen molar-refractivity contribution in [3.63, 3.8) is 0 Å². The van der Waals surface area contributed by atoms with Gasteiger partial charge in [-0.15, -0.1) is 0 Å². The van der Waals surface area contributed by atoms with Gasteiger partial charge in [-0.3, -0.25) is 0 Å². The zero-order chi connectivity index (χ0) is 19.5. The van der Waals surface area contributed by atoms with Crippen molar-refractivity contribution in [1.29, 1.82) is 0 Å². The molecule has 0 unspecified atom stereocenters. The van der Waals surface area contributed by atoms with Crippen LogP contribution in [0.25, 0.3) is 21.4 Å². The second kappa shape index (κ2) is 7.43. The van der Waals surface area contributed by atoms with E-state index in [4.69, 9.17) is 19.1 Å². The van der Waals surface area contributed by atoms with Gasteiger partial charge < -0.3 is 13.6 Å². The quantitative estimate of drug-likeness (QED) is 0.209. The number of esters is 1. The maximum atomic E-state index is 12.3. The summed E-state index contributed by atoms with van der Waals surface area (Å²) in [5.41, 5.74) is 9.72. The summed E-state index contributed by atoms with van der Waals surface area (Å²) in [7, 11) is -2.11. The molecule has 0 saturated heterocycles. The predicted molar refractivity (Wildman–Crippen MR) is 103 cm³/mol. The topological polar surface area (TPSA) is 97.4 Å². The first-order valence-corrected chi connectivity index (χ1v) is 11.4. The standard InChI is InChI=1S/C18H25N3O4Si/c1-7-23-17(22)16-12(11-20-21-19)15-13(24-16)9-8-10-14(15)25-26(5,6)18(2,3)4/h8-10H,7,11H2,1-6H3. The number of hydrogen-bond donors (Lipinski definition) is 0. The normalized spacial score (nSPS) is 11.9. The van der Waals surface area contributed by atoms with E-state index in [0.29, 0.717) is 22.3 Å². The number of hydrogen-bond acceptors (Lipinski definition) is 5. The number of rotatable bonds is 6. The van der Waals surface area contributed by atoms with Gasteiger partial charge in [-0.05, 0) is 42.7 Å². The van der Waals surface area contributed by atoms with Crippen LogP contribution in [-0.4, -0.2) is 20.9 Å². The summed E-state index contributed by atoms with van der Waals surface area (Å²) in [5.74, 6) is 0.113. The number of carbonyl (C=O) groups is 1. The largest absolute Gasteiger partial charge is 0.543 e. The lowest BCUT2D eigenvalue weighted by atomic mass is 10.1. The summed E-state index contributed by atoms with van der Waals surface area (Å²) in [4.78, 5) is 15.1. The van der Waals surface area contributed by atoms with E-state index in [1.165, 1.54) is 0 Å². The number of fused-ring (bicyclic) bond motifs is 1. The van der Waals surface area contributed by atoms with Crippen LogP contribution in [0, 0.1) is 0 Å². The van der Waals surface area contributed by atoms with Gasteiger partial charge in [0.15, 0.2) is 0 Å². The monoisotopic (exact) mass is 375 g/mol. The van der Waals surface area contributed by atoms with Crippen LogP contribution in [0.1, 0.15) is 43.8 Å². The summed E-state index contributed by atoms with van der Waals surface area (Å²) >= 11 is 0. The van der Waals surface area contributed by atoms with E-state index in [9.17, 15) is 4.79 Å². The molecule has 2 aromatic rings. The highest BCUT2D eigenvalue weighted by Crippen LogP contribution is 2.41. The van der Waals surface area contributed by atoms with Crippen molar-refractivity contribution in [3.05, 3.63) is 40.0 Å². The Labute approximate surface area is 154 Å². The molecule has 2 rings (SSSR count). The molecule has 0 amide bonds. The molecule has 1 aromatic carbocycles. The average molecular weight is 376 g/mol. The molecule has 0 saturated carbocycles. The highest BCUT2D eigenvalue weighted by atomic mass is 28.4. The lowest BCUT2D eigenvalue weighted by Crippen LogP contribution is -2.43. The van der Waals surface area contributed by atoms with Crippen molar-refractivity contribution >= 4 is 25.3 Å². The van der Waals surface area contributed by atoms with E-state index < -0.39 is 14.3 Å². The molecule has 7 nitrogen and oxygen atoms in total. The number of ether oxygens (including phenoxy) is 1. The summed E-state index contributed by atoms with van der Waals surface area (Å²) < 4.78 is 17.2. The SMILES string of the molecule is CCOC(=O)c1oc2cccc(O[Si](C)(C)C(C)(C)C)c2c1CN=[N+]=[N-]. The van der Waals surface area contributed by atoms with Crippen LogP contribution in [0.3, 0.4) is 0 Å². The van der Waals surface area contributed by atoms with Crippen LogP contribution in [-0.2, 0) is 11.3 Å². The minimum Gasteiger partial charge on any atom is -0.543 e. The van der Waals surface area contributed by atoms with E-state index in [2.05, 4.69) is 43.9 Å². The van der Waals surface area contributed by atoms with E-state index >= 15 is 0 Å². The Morgan fingerprint density at radius 3 is 2.62 bits per heavy atom. The summed E-state index contributed by atoms with van der Waals surface area (Å²) in [6, 6.07) is 5.43. The molecule has 26 heavy (non-hydrogen) atoms. The molecule has 0 N–H and O–H groups in total. The maximum Gasteiger partial charge on any atom is 0.374 e. The zero-order valence-corrected chi connectivity index (χ0v) is 17.1. The van der Waals surface area contributed by atoms with Gasteiger partial charge in [-0.1, -0.05) is 32.0 Å². The van der Waals surface area contributed by atoms with Crippen molar-refractivity contribution in [2.75, 3.05) is 6.61 Å². The van der Waals surface area contributed by atoms with Gasteiger partial charge in [-0.2, -0.15) is 0 Å². The van der Waals surface area contributed by atoms with E-state index in [1.54, 1.807) is 13.0 Å². The highest BCUT2D eigenvalue weighted by Gasteiger charge is 2.39. The second-order valence-electron chi connectivity index (χ2n) is 7.51. The lowest BCUT2D eigenvalue weighted by molar-refractivity contribution is 0.0491.